The standard InChI is InChI=1S/C12H29BN2/c1-6-11-12-13(14(7-2)8-3)15(9-4)10-5/h6-12H2,1-5H3. The third-order valence-electron chi connectivity index (χ3n) is 3.28. The van der Waals surface area contributed by atoms with E-state index >= 15 is 0 Å². The van der Waals surface area contributed by atoms with E-state index in [4.69, 9.17) is 0 Å². The van der Waals surface area contributed by atoms with Crippen molar-refractivity contribution in [1.82, 2.24) is 9.62 Å². The van der Waals surface area contributed by atoms with Crippen LogP contribution in [0.25, 0.3) is 0 Å². The fourth-order valence-electron chi connectivity index (χ4n) is 2.27. The van der Waals surface area contributed by atoms with Crippen LogP contribution in [0.2, 0.25) is 6.32 Å². The monoisotopic (exact) mass is 212 g/mol. The molecule has 0 saturated heterocycles. The van der Waals surface area contributed by atoms with E-state index in [1.165, 1.54) is 45.3 Å². The summed E-state index contributed by atoms with van der Waals surface area (Å²) in [7, 11) is 0. The number of unbranched alkanes of at least 4 members (excludes halogenated alkanes) is 1. The summed E-state index contributed by atoms with van der Waals surface area (Å²) in [5.41, 5.74) is 0. The minimum absolute atomic E-state index is 0.662. The molecule has 0 aromatic carbocycles. The lowest BCUT2D eigenvalue weighted by molar-refractivity contribution is 0.375. The van der Waals surface area contributed by atoms with E-state index in [0.29, 0.717) is 6.98 Å². The molecular weight excluding hydrogens is 183 g/mol. The summed E-state index contributed by atoms with van der Waals surface area (Å²) in [6.45, 7) is 16.7. The van der Waals surface area contributed by atoms with E-state index in [-0.39, 0.29) is 0 Å². The Morgan fingerprint density at radius 2 is 1.13 bits per heavy atom. The van der Waals surface area contributed by atoms with E-state index in [1.807, 2.05) is 0 Å². The Hall–Kier alpha value is -0.0151. The second-order valence-corrected chi connectivity index (χ2v) is 4.07. The molecule has 0 heterocycles. The Balaban J connectivity index is 4.38. The second kappa shape index (κ2) is 9.23. The molecule has 0 N–H and O–H groups in total. The number of hydrogen-bond donors (Lipinski definition) is 0. The van der Waals surface area contributed by atoms with Gasteiger partial charge < -0.3 is 9.62 Å². The fourth-order valence-corrected chi connectivity index (χ4v) is 2.27. The van der Waals surface area contributed by atoms with Crippen molar-refractivity contribution in [3.8, 4) is 0 Å². The maximum atomic E-state index is 2.59. The van der Waals surface area contributed by atoms with Crippen LogP contribution < -0.4 is 0 Å². The molecule has 0 bridgehead atoms. The lowest BCUT2D eigenvalue weighted by Crippen LogP contribution is -2.52. The van der Waals surface area contributed by atoms with Gasteiger partial charge in [0.05, 0.1) is 0 Å². The predicted octanol–water partition coefficient (Wildman–Crippen LogP) is 2.96. The topological polar surface area (TPSA) is 6.48 Å². The highest BCUT2D eigenvalue weighted by Gasteiger charge is 2.25. The van der Waals surface area contributed by atoms with Crippen molar-refractivity contribution >= 4 is 6.98 Å². The van der Waals surface area contributed by atoms with Gasteiger partial charge in [-0.3, -0.25) is 0 Å². The molecule has 90 valence electrons. The summed E-state index contributed by atoms with van der Waals surface area (Å²) in [5, 5.41) is 0. The summed E-state index contributed by atoms with van der Waals surface area (Å²) < 4.78 is 0. The van der Waals surface area contributed by atoms with E-state index in [0.717, 1.165) is 0 Å². The van der Waals surface area contributed by atoms with Gasteiger partial charge in [0.15, 0.2) is 0 Å². The molecule has 0 aliphatic carbocycles. The zero-order chi connectivity index (χ0) is 11.7. The van der Waals surface area contributed by atoms with E-state index in [2.05, 4.69) is 44.2 Å². The van der Waals surface area contributed by atoms with Crippen LogP contribution in [-0.4, -0.2) is 42.8 Å². The first kappa shape index (κ1) is 15.0. The molecule has 15 heavy (non-hydrogen) atoms. The number of hydrogen-bond acceptors (Lipinski definition) is 2. The summed E-state index contributed by atoms with van der Waals surface area (Å²) >= 11 is 0. The molecule has 0 atom stereocenters. The van der Waals surface area contributed by atoms with Gasteiger partial charge in [0.1, 0.15) is 0 Å². The third kappa shape index (κ3) is 5.03. The molecule has 0 aromatic rings. The Labute approximate surface area is 97.1 Å². The quantitative estimate of drug-likeness (QED) is 0.542. The van der Waals surface area contributed by atoms with Crippen LogP contribution in [0.1, 0.15) is 47.5 Å². The smallest absolute Gasteiger partial charge is 0.310 e. The van der Waals surface area contributed by atoms with Crippen LogP contribution in [0.3, 0.4) is 0 Å². The molecule has 2 nitrogen and oxygen atoms in total. The number of nitrogens with zero attached hydrogens (tertiary/aromatic N) is 2. The SMILES string of the molecule is CCCCB(N(CC)CC)N(CC)CC. The summed E-state index contributed by atoms with van der Waals surface area (Å²) in [6.07, 6.45) is 3.97. The van der Waals surface area contributed by atoms with Crippen molar-refractivity contribution in [3.05, 3.63) is 0 Å². The van der Waals surface area contributed by atoms with Crippen molar-refractivity contribution in [1.29, 1.82) is 0 Å². The van der Waals surface area contributed by atoms with Gasteiger partial charge in [0.25, 0.3) is 0 Å². The average Bonchev–Trinajstić information content (AvgIpc) is 2.28. The Morgan fingerprint density at radius 1 is 0.733 bits per heavy atom. The van der Waals surface area contributed by atoms with Crippen molar-refractivity contribution < 1.29 is 0 Å². The average molecular weight is 212 g/mol. The van der Waals surface area contributed by atoms with Crippen LogP contribution >= 0.6 is 0 Å². The minimum atomic E-state index is 0.662. The van der Waals surface area contributed by atoms with Gasteiger partial charge in [0.2, 0.25) is 0 Å². The molecule has 0 radical (unpaired) electrons. The number of rotatable bonds is 9. The molecule has 0 aliphatic rings. The van der Waals surface area contributed by atoms with Crippen LogP contribution in [0, 0.1) is 0 Å². The maximum absolute atomic E-state index is 2.59. The Morgan fingerprint density at radius 3 is 1.40 bits per heavy atom. The van der Waals surface area contributed by atoms with E-state index in [9.17, 15) is 0 Å². The largest absolute Gasteiger partial charge is 0.329 e. The van der Waals surface area contributed by atoms with Gasteiger partial charge >= 0.3 is 6.98 Å². The van der Waals surface area contributed by atoms with Crippen molar-refractivity contribution in [3.63, 3.8) is 0 Å². The van der Waals surface area contributed by atoms with Crippen LogP contribution in [0.5, 0.6) is 0 Å². The summed E-state index contributed by atoms with van der Waals surface area (Å²) in [4.78, 5) is 5.17. The Bertz CT molecular complexity index is 122. The maximum Gasteiger partial charge on any atom is 0.310 e. The zero-order valence-electron chi connectivity index (χ0n) is 11.4. The molecule has 0 spiro atoms. The van der Waals surface area contributed by atoms with Gasteiger partial charge in [-0.05, 0) is 32.5 Å². The molecule has 0 rings (SSSR count). The molecule has 0 amide bonds. The predicted molar refractivity (Wildman–Crippen MR) is 71.3 cm³/mol. The highest BCUT2D eigenvalue weighted by molar-refractivity contribution is 6.52. The van der Waals surface area contributed by atoms with E-state index in [1.54, 1.807) is 0 Å². The molecule has 0 saturated carbocycles. The molecule has 0 unspecified atom stereocenters. The molecule has 3 heteroatoms. The van der Waals surface area contributed by atoms with Crippen LogP contribution in [-0.2, 0) is 0 Å². The first-order valence-corrected chi connectivity index (χ1v) is 6.73. The fraction of sp³-hybridized carbons (Fsp3) is 1.00. The van der Waals surface area contributed by atoms with E-state index < -0.39 is 0 Å². The highest BCUT2D eigenvalue weighted by Crippen LogP contribution is 2.10. The molecule has 0 aromatic heterocycles. The van der Waals surface area contributed by atoms with Gasteiger partial charge in [-0.2, -0.15) is 0 Å². The molecular formula is C12H29BN2. The summed E-state index contributed by atoms with van der Waals surface area (Å²) in [5.74, 6) is 0. The lowest BCUT2D eigenvalue weighted by atomic mass is 9.66. The van der Waals surface area contributed by atoms with Gasteiger partial charge in [-0.25, -0.2) is 0 Å². The first-order valence-electron chi connectivity index (χ1n) is 6.73. The van der Waals surface area contributed by atoms with Gasteiger partial charge in [-0.15, -0.1) is 0 Å². The first-order chi connectivity index (χ1) is 7.24. The second-order valence-electron chi connectivity index (χ2n) is 4.07. The lowest BCUT2D eigenvalue weighted by Gasteiger charge is -2.34. The summed E-state index contributed by atoms with van der Waals surface area (Å²) in [6, 6.07) is 0. The Kier molecular flexibility index (Phi) is 9.22. The highest BCUT2D eigenvalue weighted by atomic mass is 15.2. The van der Waals surface area contributed by atoms with Crippen LogP contribution in [0.15, 0.2) is 0 Å². The molecule has 0 fully saturated rings. The van der Waals surface area contributed by atoms with Crippen molar-refractivity contribution in [2.24, 2.45) is 0 Å². The van der Waals surface area contributed by atoms with Crippen molar-refractivity contribution in [2.45, 2.75) is 53.8 Å². The zero-order valence-corrected chi connectivity index (χ0v) is 11.4. The normalized spacial score (nSPS) is 11.4. The van der Waals surface area contributed by atoms with Crippen molar-refractivity contribution in [2.75, 3.05) is 26.2 Å². The van der Waals surface area contributed by atoms with Gasteiger partial charge in [-0.1, -0.05) is 47.5 Å². The molecule has 0 aliphatic heterocycles. The van der Waals surface area contributed by atoms with Gasteiger partial charge in [0, 0.05) is 0 Å². The third-order valence-corrected chi connectivity index (χ3v) is 3.28. The van der Waals surface area contributed by atoms with Crippen LogP contribution in [0.4, 0.5) is 0 Å². The minimum Gasteiger partial charge on any atom is -0.329 e.